The minimum Gasteiger partial charge on any atom is -0.485 e. The fourth-order valence-corrected chi connectivity index (χ4v) is 3.38. The zero-order valence-electron chi connectivity index (χ0n) is 11.4. The van der Waals surface area contributed by atoms with Crippen LogP contribution in [0.1, 0.15) is 23.9 Å². The van der Waals surface area contributed by atoms with Crippen LogP contribution in [0.25, 0.3) is 0 Å². The number of aliphatic hydroxyl groups excluding tert-OH is 1. The van der Waals surface area contributed by atoms with Gasteiger partial charge < -0.3 is 9.84 Å². The highest BCUT2D eigenvalue weighted by molar-refractivity contribution is 9.11. The van der Waals surface area contributed by atoms with Crippen LogP contribution in [-0.4, -0.2) is 14.9 Å². The van der Waals surface area contributed by atoms with Crippen LogP contribution >= 0.6 is 31.9 Å². The number of ether oxygens (including phenoxy) is 1. The number of halogens is 2. The fourth-order valence-electron chi connectivity index (χ4n) is 1.87. The summed E-state index contributed by atoms with van der Waals surface area (Å²) in [5, 5.41) is 13.6. The molecule has 0 saturated carbocycles. The third-order valence-corrected chi connectivity index (χ3v) is 4.17. The molecule has 2 aromatic rings. The molecule has 0 amide bonds. The monoisotopic (exact) mass is 402 g/mol. The fraction of sp³-hybridized carbons (Fsp3) is 0.357. The van der Waals surface area contributed by atoms with Gasteiger partial charge >= 0.3 is 0 Å². The second-order valence-corrected chi connectivity index (χ2v) is 6.15. The molecular formula is C14H16Br2N2O2. The molecule has 108 valence electrons. The first kappa shape index (κ1) is 15.5. The average Bonchev–Trinajstić information content (AvgIpc) is 2.78. The van der Waals surface area contributed by atoms with Gasteiger partial charge in [0, 0.05) is 7.05 Å². The van der Waals surface area contributed by atoms with Crippen LogP contribution in [0.5, 0.6) is 5.75 Å². The lowest BCUT2D eigenvalue weighted by Gasteiger charge is -2.11. The van der Waals surface area contributed by atoms with Crippen LogP contribution in [0.3, 0.4) is 0 Å². The summed E-state index contributed by atoms with van der Waals surface area (Å²) >= 11 is 6.92. The largest absolute Gasteiger partial charge is 0.485 e. The number of hydrogen-bond donors (Lipinski definition) is 1. The molecule has 20 heavy (non-hydrogen) atoms. The van der Waals surface area contributed by atoms with Crippen LogP contribution in [0.2, 0.25) is 0 Å². The van der Waals surface area contributed by atoms with Crippen molar-refractivity contribution in [3.63, 3.8) is 0 Å². The van der Waals surface area contributed by atoms with E-state index in [1.54, 1.807) is 0 Å². The zero-order valence-corrected chi connectivity index (χ0v) is 14.5. The van der Waals surface area contributed by atoms with E-state index in [0.717, 1.165) is 38.1 Å². The molecule has 2 rings (SSSR count). The molecule has 4 nitrogen and oxygen atoms in total. The molecule has 0 bridgehead atoms. The van der Waals surface area contributed by atoms with Crippen LogP contribution in [0.4, 0.5) is 0 Å². The first-order chi connectivity index (χ1) is 9.55. The van der Waals surface area contributed by atoms with E-state index < -0.39 is 0 Å². The summed E-state index contributed by atoms with van der Waals surface area (Å²) in [5.41, 5.74) is 2.90. The van der Waals surface area contributed by atoms with Crippen molar-refractivity contribution >= 4 is 31.9 Å². The number of hydrogen-bond acceptors (Lipinski definition) is 3. The van der Waals surface area contributed by atoms with Gasteiger partial charge in [0.25, 0.3) is 0 Å². The number of aromatic nitrogens is 2. The van der Waals surface area contributed by atoms with Gasteiger partial charge in [0.15, 0.2) is 0 Å². The summed E-state index contributed by atoms with van der Waals surface area (Å²) in [4.78, 5) is 0. The molecule has 1 heterocycles. The van der Waals surface area contributed by atoms with Gasteiger partial charge in [0.1, 0.15) is 12.4 Å². The molecule has 0 saturated heterocycles. The molecule has 0 atom stereocenters. The first-order valence-corrected chi connectivity index (χ1v) is 7.87. The number of benzene rings is 1. The molecule has 6 heteroatoms. The van der Waals surface area contributed by atoms with E-state index >= 15 is 0 Å². The van der Waals surface area contributed by atoms with Gasteiger partial charge in [0.2, 0.25) is 0 Å². The van der Waals surface area contributed by atoms with Crippen LogP contribution < -0.4 is 4.74 Å². The Morgan fingerprint density at radius 1 is 1.25 bits per heavy atom. The van der Waals surface area contributed by atoms with Crippen molar-refractivity contribution in [2.24, 2.45) is 7.05 Å². The highest BCUT2D eigenvalue weighted by Crippen LogP contribution is 2.35. The normalized spacial score (nSPS) is 10.8. The van der Waals surface area contributed by atoms with Gasteiger partial charge in [0.05, 0.1) is 26.9 Å². The van der Waals surface area contributed by atoms with Gasteiger partial charge in [-0.05, 0) is 62.0 Å². The van der Waals surface area contributed by atoms with Crippen molar-refractivity contribution in [3.8, 4) is 5.75 Å². The Hall–Kier alpha value is -0.850. The molecule has 0 aliphatic heterocycles. The molecule has 0 radical (unpaired) electrons. The Labute approximate surface area is 135 Å². The molecule has 0 aliphatic carbocycles. The summed E-state index contributed by atoms with van der Waals surface area (Å²) in [6.45, 7) is 2.52. The van der Waals surface area contributed by atoms with Gasteiger partial charge in [-0.15, -0.1) is 0 Å². The Bertz CT molecular complexity index is 588. The van der Waals surface area contributed by atoms with E-state index in [1.165, 1.54) is 0 Å². The Morgan fingerprint density at radius 3 is 2.40 bits per heavy atom. The molecule has 1 aromatic heterocycles. The third kappa shape index (κ3) is 3.42. The molecule has 0 unspecified atom stereocenters. The van der Waals surface area contributed by atoms with Crippen LogP contribution in [-0.2, 0) is 26.7 Å². The summed E-state index contributed by atoms with van der Waals surface area (Å²) in [6, 6.07) is 5.74. The average molecular weight is 404 g/mol. The topological polar surface area (TPSA) is 47.3 Å². The lowest BCUT2D eigenvalue weighted by atomic mass is 10.2. The zero-order chi connectivity index (χ0) is 14.7. The maximum absolute atomic E-state index is 9.16. The van der Waals surface area contributed by atoms with E-state index in [4.69, 9.17) is 9.84 Å². The minimum atomic E-state index is -0.000922. The number of nitrogens with zero attached hydrogens (tertiary/aromatic N) is 2. The second kappa shape index (κ2) is 6.74. The molecule has 1 N–H and O–H groups in total. The van der Waals surface area contributed by atoms with E-state index in [0.29, 0.717) is 6.61 Å². The maximum Gasteiger partial charge on any atom is 0.148 e. The minimum absolute atomic E-state index is 0.000922. The molecule has 0 aliphatic rings. The van der Waals surface area contributed by atoms with E-state index in [2.05, 4.69) is 43.9 Å². The van der Waals surface area contributed by atoms with Gasteiger partial charge in [-0.2, -0.15) is 5.10 Å². The standard InChI is InChI=1S/C14H16Br2N2O2/c1-3-10-6-11(18(2)17-10)8-20-14-12(15)4-9(7-19)5-13(14)16/h4-6,19H,3,7-8H2,1-2H3. The van der Waals surface area contributed by atoms with Crippen molar-refractivity contribution in [1.29, 1.82) is 0 Å². The summed E-state index contributed by atoms with van der Waals surface area (Å²) in [5.74, 6) is 0.724. The predicted octanol–water partition coefficient (Wildman–Crippen LogP) is 3.58. The van der Waals surface area contributed by atoms with Gasteiger partial charge in [-0.3, -0.25) is 4.68 Å². The lowest BCUT2D eigenvalue weighted by molar-refractivity contribution is 0.279. The van der Waals surface area contributed by atoms with E-state index in [9.17, 15) is 0 Å². The Kier molecular flexibility index (Phi) is 5.23. The van der Waals surface area contributed by atoms with Crippen molar-refractivity contribution in [2.75, 3.05) is 0 Å². The molecule has 1 aromatic carbocycles. The van der Waals surface area contributed by atoms with Crippen molar-refractivity contribution < 1.29 is 9.84 Å². The van der Waals surface area contributed by atoms with Crippen molar-refractivity contribution in [2.45, 2.75) is 26.6 Å². The molecule has 0 fully saturated rings. The van der Waals surface area contributed by atoms with E-state index in [-0.39, 0.29) is 6.61 Å². The van der Waals surface area contributed by atoms with Gasteiger partial charge in [-0.1, -0.05) is 6.92 Å². The molecule has 0 spiro atoms. The number of aliphatic hydroxyl groups is 1. The Balaban J connectivity index is 2.16. The van der Waals surface area contributed by atoms with Crippen LogP contribution in [0.15, 0.2) is 27.1 Å². The third-order valence-electron chi connectivity index (χ3n) is 2.99. The quantitative estimate of drug-likeness (QED) is 0.829. The second-order valence-electron chi connectivity index (χ2n) is 4.44. The SMILES string of the molecule is CCc1cc(COc2c(Br)cc(CO)cc2Br)n(C)n1. The molecular weight excluding hydrogens is 388 g/mol. The van der Waals surface area contributed by atoms with Crippen molar-refractivity contribution in [1.82, 2.24) is 9.78 Å². The van der Waals surface area contributed by atoms with Crippen LogP contribution in [0, 0.1) is 0 Å². The highest BCUT2D eigenvalue weighted by atomic mass is 79.9. The maximum atomic E-state index is 9.16. The summed E-state index contributed by atoms with van der Waals surface area (Å²) in [6.07, 6.45) is 0.909. The first-order valence-electron chi connectivity index (χ1n) is 6.28. The summed E-state index contributed by atoms with van der Waals surface area (Å²) < 4.78 is 9.32. The predicted molar refractivity (Wildman–Crippen MR) is 84.7 cm³/mol. The smallest absolute Gasteiger partial charge is 0.148 e. The Morgan fingerprint density at radius 2 is 1.90 bits per heavy atom. The number of rotatable bonds is 5. The van der Waals surface area contributed by atoms with E-state index in [1.807, 2.05) is 29.9 Å². The van der Waals surface area contributed by atoms with Gasteiger partial charge in [-0.25, -0.2) is 0 Å². The summed E-state index contributed by atoms with van der Waals surface area (Å²) in [7, 11) is 1.91. The van der Waals surface area contributed by atoms with Crippen molar-refractivity contribution in [3.05, 3.63) is 44.1 Å². The number of aryl methyl sites for hydroxylation is 2. The highest BCUT2D eigenvalue weighted by Gasteiger charge is 2.11. The lowest BCUT2D eigenvalue weighted by Crippen LogP contribution is -2.04.